The minimum atomic E-state index is -1.17. The van der Waals surface area contributed by atoms with Gasteiger partial charge in [0.2, 0.25) is 0 Å². The van der Waals surface area contributed by atoms with Crippen LogP contribution in [0.5, 0.6) is 0 Å². The van der Waals surface area contributed by atoms with Crippen molar-refractivity contribution in [3.8, 4) is 0 Å². The molecule has 1 atom stereocenters. The molecule has 8 heteroatoms. The van der Waals surface area contributed by atoms with Crippen LogP contribution < -0.4 is 10.6 Å². The highest BCUT2D eigenvalue weighted by Gasteiger charge is 2.26. The maximum atomic E-state index is 10.6. The molecule has 1 aromatic carbocycles. The van der Waals surface area contributed by atoms with Crippen molar-refractivity contribution in [2.24, 2.45) is 4.99 Å². The van der Waals surface area contributed by atoms with E-state index >= 15 is 0 Å². The maximum Gasteiger partial charge on any atom is 0.191 e. The Morgan fingerprint density at radius 3 is 2.43 bits per heavy atom. The molecule has 3 aromatic rings. The predicted molar refractivity (Wildman–Crippen MR) is 132 cm³/mol. The first-order valence-electron chi connectivity index (χ1n) is 9.62. The number of hydrogen-bond acceptors (Lipinski definition) is 5. The number of aliphatic hydroxyl groups is 1. The second-order valence-corrected chi connectivity index (χ2v) is 7.93. The van der Waals surface area contributed by atoms with E-state index < -0.39 is 5.60 Å². The molecule has 162 valence electrons. The Bertz CT molecular complexity index is 853. The van der Waals surface area contributed by atoms with Gasteiger partial charge in [-0.15, -0.1) is 35.7 Å². The van der Waals surface area contributed by atoms with E-state index in [2.05, 4.69) is 27.8 Å². The summed E-state index contributed by atoms with van der Waals surface area (Å²) in [6, 6.07) is 17.6. The van der Waals surface area contributed by atoms with Gasteiger partial charge in [0.05, 0.1) is 19.1 Å². The van der Waals surface area contributed by atoms with Crippen LogP contribution in [0.2, 0.25) is 0 Å². The lowest BCUT2D eigenvalue weighted by atomic mass is 10.0. The van der Waals surface area contributed by atoms with Gasteiger partial charge in [0.1, 0.15) is 17.1 Å². The lowest BCUT2D eigenvalue weighted by Crippen LogP contribution is -2.40. The van der Waals surface area contributed by atoms with Gasteiger partial charge in [0, 0.05) is 30.2 Å². The molecule has 0 aliphatic carbocycles. The summed E-state index contributed by atoms with van der Waals surface area (Å²) in [4.78, 5) is 5.79. The summed E-state index contributed by atoms with van der Waals surface area (Å²) in [5.74, 6) is 2.96. The third-order valence-electron chi connectivity index (χ3n) is 4.25. The van der Waals surface area contributed by atoms with Gasteiger partial charge in [-0.25, -0.2) is 4.99 Å². The monoisotopic (exact) mass is 541 g/mol. The van der Waals surface area contributed by atoms with E-state index in [-0.39, 0.29) is 30.5 Å². The molecule has 2 heterocycles. The summed E-state index contributed by atoms with van der Waals surface area (Å²) in [6.07, 6.45) is 3.97. The third kappa shape index (κ3) is 8.08. The standard InChI is InChI=1S/C22H27N3O3S.HI/c1-22(26,20-10-6-15-28-20)17-25-21(23-12-11-18-7-5-14-27-18)24-13-16-29-19-8-3-2-4-9-19;/h2-10,14-15,26H,11-13,16-17H2,1H3,(H2,23,24,25);1H. The topological polar surface area (TPSA) is 82.9 Å². The fraction of sp³-hybridized carbons (Fsp3) is 0.318. The second-order valence-electron chi connectivity index (χ2n) is 6.76. The lowest BCUT2D eigenvalue weighted by Gasteiger charge is -2.19. The van der Waals surface area contributed by atoms with Crippen molar-refractivity contribution in [2.45, 2.75) is 23.8 Å². The SMILES string of the molecule is CC(O)(CN=C(NCCSc1ccccc1)NCCc1ccco1)c1ccco1.I. The van der Waals surface area contributed by atoms with Crippen molar-refractivity contribution < 1.29 is 13.9 Å². The van der Waals surface area contributed by atoms with Crippen LogP contribution in [0, 0.1) is 0 Å². The zero-order valence-electron chi connectivity index (χ0n) is 16.9. The zero-order chi connectivity index (χ0) is 20.4. The molecule has 3 N–H and O–H groups in total. The van der Waals surface area contributed by atoms with Crippen LogP contribution in [0.1, 0.15) is 18.4 Å². The Hall–Kier alpha value is -1.91. The van der Waals surface area contributed by atoms with Gasteiger partial charge in [-0.05, 0) is 43.3 Å². The fourth-order valence-corrected chi connectivity index (χ4v) is 3.47. The Morgan fingerprint density at radius 2 is 1.73 bits per heavy atom. The number of hydrogen-bond donors (Lipinski definition) is 3. The number of nitrogens with zero attached hydrogens (tertiary/aromatic N) is 1. The maximum absolute atomic E-state index is 10.6. The van der Waals surface area contributed by atoms with Gasteiger partial charge in [0.25, 0.3) is 0 Å². The molecule has 3 rings (SSSR count). The van der Waals surface area contributed by atoms with E-state index in [1.165, 1.54) is 4.90 Å². The average molecular weight is 541 g/mol. The number of aliphatic imine (C=N–C) groups is 1. The molecule has 0 aliphatic heterocycles. The highest BCUT2D eigenvalue weighted by Crippen LogP contribution is 2.21. The van der Waals surface area contributed by atoms with Gasteiger partial charge < -0.3 is 24.6 Å². The summed E-state index contributed by atoms with van der Waals surface area (Å²) < 4.78 is 10.7. The van der Waals surface area contributed by atoms with Crippen molar-refractivity contribution >= 4 is 41.7 Å². The van der Waals surface area contributed by atoms with Crippen molar-refractivity contribution in [3.05, 3.63) is 78.6 Å². The second kappa shape index (κ2) is 12.7. The van der Waals surface area contributed by atoms with Crippen LogP contribution in [0.4, 0.5) is 0 Å². The van der Waals surface area contributed by atoms with E-state index in [9.17, 15) is 5.11 Å². The van der Waals surface area contributed by atoms with Crippen molar-refractivity contribution in [2.75, 3.05) is 25.4 Å². The Kier molecular flexibility index (Phi) is 10.3. The Balaban J connectivity index is 0.00000320. The van der Waals surface area contributed by atoms with Crippen LogP contribution >= 0.6 is 35.7 Å². The van der Waals surface area contributed by atoms with E-state index in [0.717, 1.165) is 24.5 Å². The number of halogens is 1. The van der Waals surface area contributed by atoms with Crippen molar-refractivity contribution in [1.82, 2.24) is 10.6 Å². The van der Waals surface area contributed by atoms with Crippen LogP contribution in [-0.2, 0) is 12.0 Å². The van der Waals surface area contributed by atoms with Crippen molar-refractivity contribution in [1.29, 1.82) is 0 Å². The smallest absolute Gasteiger partial charge is 0.191 e. The van der Waals surface area contributed by atoms with Crippen LogP contribution in [0.15, 0.2) is 85.8 Å². The first-order valence-corrected chi connectivity index (χ1v) is 10.6. The summed E-state index contributed by atoms with van der Waals surface area (Å²) in [5.41, 5.74) is -1.17. The molecule has 0 radical (unpaired) electrons. The van der Waals surface area contributed by atoms with Crippen molar-refractivity contribution in [3.63, 3.8) is 0 Å². The molecular weight excluding hydrogens is 513 g/mol. The zero-order valence-corrected chi connectivity index (χ0v) is 20.1. The van der Waals surface area contributed by atoms with E-state index in [1.807, 2.05) is 30.3 Å². The van der Waals surface area contributed by atoms with Crippen LogP contribution in [0.25, 0.3) is 0 Å². The number of benzene rings is 1. The van der Waals surface area contributed by atoms with Gasteiger partial charge in [-0.3, -0.25) is 0 Å². The lowest BCUT2D eigenvalue weighted by molar-refractivity contribution is 0.0437. The number of furan rings is 2. The first kappa shape index (κ1) is 24.4. The Morgan fingerprint density at radius 1 is 1.00 bits per heavy atom. The van der Waals surface area contributed by atoms with Gasteiger partial charge >= 0.3 is 0 Å². The summed E-state index contributed by atoms with van der Waals surface area (Å²) in [7, 11) is 0. The van der Waals surface area contributed by atoms with E-state index in [0.29, 0.717) is 18.3 Å². The van der Waals surface area contributed by atoms with Gasteiger partial charge in [-0.1, -0.05) is 18.2 Å². The third-order valence-corrected chi connectivity index (χ3v) is 5.26. The van der Waals surface area contributed by atoms with Crippen LogP contribution in [-0.4, -0.2) is 36.5 Å². The molecule has 2 aromatic heterocycles. The van der Waals surface area contributed by atoms with Gasteiger partial charge in [-0.2, -0.15) is 0 Å². The van der Waals surface area contributed by atoms with E-state index in [1.54, 1.807) is 43.3 Å². The highest BCUT2D eigenvalue weighted by atomic mass is 127. The number of rotatable bonds is 10. The molecule has 0 amide bonds. The fourth-order valence-electron chi connectivity index (χ4n) is 2.68. The number of thioether (sulfide) groups is 1. The molecule has 0 saturated heterocycles. The quantitative estimate of drug-likeness (QED) is 0.117. The molecule has 1 unspecified atom stereocenters. The first-order chi connectivity index (χ1) is 14.1. The average Bonchev–Trinajstić information content (AvgIpc) is 3.44. The molecule has 0 fully saturated rings. The molecular formula is C22H28IN3O3S. The normalized spacial score (nSPS) is 13.3. The number of nitrogens with one attached hydrogen (secondary N) is 2. The summed E-state index contributed by atoms with van der Waals surface area (Å²) in [6.45, 7) is 3.30. The summed E-state index contributed by atoms with van der Waals surface area (Å²) in [5, 5.41) is 17.3. The molecule has 30 heavy (non-hydrogen) atoms. The molecule has 6 nitrogen and oxygen atoms in total. The minimum Gasteiger partial charge on any atom is -0.469 e. The highest BCUT2D eigenvalue weighted by molar-refractivity contribution is 14.0. The summed E-state index contributed by atoms with van der Waals surface area (Å²) >= 11 is 1.78. The Labute approximate surface area is 198 Å². The molecule has 0 bridgehead atoms. The van der Waals surface area contributed by atoms with E-state index in [4.69, 9.17) is 8.83 Å². The largest absolute Gasteiger partial charge is 0.469 e. The van der Waals surface area contributed by atoms with Crippen LogP contribution in [0.3, 0.4) is 0 Å². The minimum absolute atomic E-state index is 0. The number of guanidine groups is 1. The molecule has 0 aliphatic rings. The van der Waals surface area contributed by atoms with Gasteiger partial charge in [0.15, 0.2) is 5.96 Å². The molecule has 0 saturated carbocycles. The predicted octanol–water partition coefficient (Wildman–Crippen LogP) is 4.27. The molecule has 0 spiro atoms.